The molecule has 6 rings (SSSR count). The number of carbonyl (C=O) groups excluding carboxylic acids is 3. The Balaban J connectivity index is 1.57. The molecule has 0 unspecified atom stereocenters. The van der Waals surface area contributed by atoms with Crippen molar-refractivity contribution in [1.82, 2.24) is 4.90 Å². The van der Waals surface area contributed by atoms with Crippen molar-refractivity contribution in [1.29, 1.82) is 0 Å². The van der Waals surface area contributed by atoms with Crippen LogP contribution in [0.4, 0.5) is 11.4 Å². The fraction of sp³-hybridized carbons (Fsp3) is 0.348. The third-order valence-electron chi connectivity index (χ3n) is 7.35. The Morgan fingerprint density at radius 1 is 1.09 bits per heavy atom. The van der Waals surface area contributed by atoms with E-state index in [2.05, 4.69) is 10.2 Å². The second-order valence-electron chi connectivity index (χ2n) is 8.65. The molecule has 3 saturated heterocycles. The number of anilines is 2. The summed E-state index contributed by atoms with van der Waals surface area (Å²) in [5, 5.41) is 3.58. The van der Waals surface area contributed by atoms with Gasteiger partial charge in [0.1, 0.15) is 11.3 Å². The summed E-state index contributed by atoms with van der Waals surface area (Å²) in [5.74, 6) is -1.94. The molecule has 0 aromatic heterocycles. The molecule has 3 amide bonds. The zero-order valence-electron chi connectivity index (χ0n) is 17.1. The summed E-state index contributed by atoms with van der Waals surface area (Å²) < 4.78 is 5.42. The van der Waals surface area contributed by atoms with Crippen LogP contribution in [0.25, 0.3) is 0 Å². The van der Waals surface area contributed by atoms with E-state index in [4.69, 9.17) is 27.9 Å². The normalized spacial score (nSPS) is 30.7. The van der Waals surface area contributed by atoms with E-state index in [1.807, 2.05) is 0 Å². The van der Waals surface area contributed by atoms with Crippen LogP contribution in [0.3, 0.4) is 0 Å². The SMILES string of the molecule is COc1ccc2c(c1)[C@]1(C(=O)N2)[C@@H]2C(=O)N(c3cc(Cl)ccc3Cl)C(=O)[C@@H]2[C@@H]2CCCN21. The monoisotopic (exact) mass is 471 g/mol. The van der Waals surface area contributed by atoms with Crippen LogP contribution in [0, 0.1) is 11.8 Å². The summed E-state index contributed by atoms with van der Waals surface area (Å²) in [6, 6.07) is 9.84. The topological polar surface area (TPSA) is 79.0 Å². The molecule has 9 heteroatoms. The number of benzene rings is 2. The first-order valence-corrected chi connectivity index (χ1v) is 11.2. The van der Waals surface area contributed by atoms with Gasteiger partial charge in [-0.2, -0.15) is 0 Å². The summed E-state index contributed by atoms with van der Waals surface area (Å²) in [6.45, 7) is 0.639. The second-order valence-corrected chi connectivity index (χ2v) is 9.49. The Labute approximate surface area is 194 Å². The molecule has 164 valence electrons. The maximum Gasteiger partial charge on any atom is 0.250 e. The third-order valence-corrected chi connectivity index (χ3v) is 7.90. The van der Waals surface area contributed by atoms with Crippen LogP contribution in [0.5, 0.6) is 5.75 Å². The zero-order valence-corrected chi connectivity index (χ0v) is 18.6. The number of nitrogens with zero attached hydrogens (tertiary/aromatic N) is 2. The van der Waals surface area contributed by atoms with Gasteiger partial charge in [-0.1, -0.05) is 23.2 Å². The number of rotatable bonds is 2. The molecular weight excluding hydrogens is 453 g/mol. The predicted octanol–water partition coefficient (Wildman–Crippen LogP) is 3.43. The molecular formula is C23H19Cl2N3O4. The van der Waals surface area contributed by atoms with Crippen LogP contribution >= 0.6 is 23.2 Å². The lowest BCUT2D eigenvalue weighted by Crippen LogP contribution is -2.54. The molecule has 4 aliphatic rings. The van der Waals surface area contributed by atoms with Crippen molar-refractivity contribution in [3.63, 3.8) is 0 Å². The van der Waals surface area contributed by atoms with Crippen molar-refractivity contribution in [3.05, 3.63) is 52.0 Å². The summed E-state index contributed by atoms with van der Waals surface area (Å²) in [5.41, 5.74) is 0.318. The molecule has 0 radical (unpaired) electrons. The number of methoxy groups -OCH3 is 1. The van der Waals surface area contributed by atoms with Crippen LogP contribution < -0.4 is 15.0 Å². The summed E-state index contributed by atoms with van der Waals surface area (Å²) >= 11 is 12.5. The lowest BCUT2D eigenvalue weighted by molar-refractivity contribution is -0.135. The standard InChI is InChI=1S/C23H19Cl2N3O4/c1-32-12-5-7-15-13(10-12)23(22(31)26-15)19-18(16-3-2-8-27(16)23)20(29)28(21(19)30)17-9-11(24)4-6-14(17)25/h4-7,9-10,16,18-19H,2-3,8H2,1H3,(H,26,31)/t16-,18+,19-,23+/m0/s1. The number of halogens is 2. The summed E-state index contributed by atoms with van der Waals surface area (Å²) in [6.07, 6.45) is 1.59. The molecule has 4 aliphatic heterocycles. The lowest BCUT2D eigenvalue weighted by Gasteiger charge is -2.36. The molecule has 3 fully saturated rings. The van der Waals surface area contributed by atoms with Gasteiger partial charge in [0.25, 0.3) is 0 Å². The Kier molecular flexibility index (Phi) is 4.19. The van der Waals surface area contributed by atoms with Crippen LogP contribution in [-0.4, -0.2) is 42.3 Å². The van der Waals surface area contributed by atoms with E-state index in [1.54, 1.807) is 37.4 Å². The van der Waals surface area contributed by atoms with Crippen LogP contribution in [-0.2, 0) is 19.9 Å². The molecule has 4 heterocycles. The first-order chi connectivity index (χ1) is 15.4. The number of imide groups is 1. The molecule has 2 aromatic carbocycles. The van der Waals surface area contributed by atoms with Crippen LogP contribution in [0.1, 0.15) is 18.4 Å². The molecule has 0 saturated carbocycles. The number of nitrogens with one attached hydrogen (secondary N) is 1. The zero-order chi connectivity index (χ0) is 22.4. The van der Waals surface area contributed by atoms with Crippen molar-refractivity contribution in [3.8, 4) is 5.75 Å². The number of carbonyl (C=O) groups is 3. The molecule has 0 bridgehead atoms. The number of hydrogen-bond acceptors (Lipinski definition) is 5. The van der Waals surface area contributed by atoms with Gasteiger partial charge in [-0.25, -0.2) is 4.90 Å². The third kappa shape index (κ3) is 2.28. The number of fused-ring (bicyclic) bond motifs is 7. The molecule has 7 nitrogen and oxygen atoms in total. The van der Waals surface area contributed by atoms with Gasteiger partial charge < -0.3 is 10.1 Å². The number of hydrogen-bond donors (Lipinski definition) is 1. The second kappa shape index (κ2) is 6.70. The Morgan fingerprint density at radius 3 is 2.69 bits per heavy atom. The van der Waals surface area contributed by atoms with E-state index in [9.17, 15) is 14.4 Å². The minimum Gasteiger partial charge on any atom is -0.497 e. The van der Waals surface area contributed by atoms with E-state index in [0.717, 1.165) is 17.7 Å². The minimum absolute atomic E-state index is 0.206. The van der Waals surface area contributed by atoms with Crippen molar-refractivity contribution < 1.29 is 19.1 Å². The molecule has 1 spiro atoms. The molecule has 0 aliphatic carbocycles. The van der Waals surface area contributed by atoms with Gasteiger partial charge >= 0.3 is 0 Å². The highest BCUT2D eigenvalue weighted by Crippen LogP contribution is 2.61. The molecule has 1 N–H and O–H groups in total. The maximum absolute atomic E-state index is 13.9. The average molecular weight is 472 g/mol. The highest BCUT2D eigenvalue weighted by molar-refractivity contribution is 6.38. The van der Waals surface area contributed by atoms with E-state index in [0.29, 0.717) is 28.6 Å². The van der Waals surface area contributed by atoms with Crippen molar-refractivity contribution in [2.24, 2.45) is 11.8 Å². The first-order valence-electron chi connectivity index (χ1n) is 10.5. The van der Waals surface area contributed by atoms with Crippen molar-refractivity contribution >= 4 is 52.3 Å². The average Bonchev–Trinajstić information content (AvgIpc) is 3.48. The van der Waals surface area contributed by atoms with Gasteiger partial charge in [-0.3, -0.25) is 19.3 Å². The van der Waals surface area contributed by atoms with Gasteiger partial charge in [0.15, 0.2) is 0 Å². The molecule has 2 aromatic rings. The largest absolute Gasteiger partial charge is 0.497 e. The van der Waals surface area contributed by atoms with E-state index in [1.165, 1.54) is 6.07 Å². The number of amides is 3. The lowest BCUT2D eigenvalue weighted by atomic mass is 9.75. The smallest absolute Gasteiger partial charge is 0.250 e. The fourth-order valence-electron chi connectivity index (χ4n) is 6.20. The quantitative estimate of drug-likeness (QED) is 0.678. The van der Waals surface area contributed by atoms with Gasteiger partial charge in [0.2, 0.25) is 17.7 Å². The fourth-order valence-corrected chi connectivity index (χ4v) is 6.57. The van der Waals surface area contributed by atoms with Gasteiger partial charge in [-0.05, 0) is 55.8 Å². The maximum atomic E-state index is 13.9. The van der Waals surface area contributed by atoms with Crippen molar-refractivity contribution in [2.75, 3.05) is 23.9 Å². The van der Waals surface area contributed by atoms with Crippen LogP contribution in [0.2, 0.25) is 10.0 Å². The summed E-state index contributed by atoms with van der Waals surface area (Å²) in [4.78, 5) is 44.5. The van der Waals surface area contributed by atoms with E-state index in [-0.39, 0.29) is 28.6 Å². The van der Waals surface area contributed by atoms with Crippen LogP contribution in [0.15, 0.2) is 36.4 Å². The first kappa shape index (κ1) is 20.0. The van der Waals surface area contributed by atoms with E-state index < -0.39 is 23.3 Å². The molecule has 4 atom stereocenters. The molecule has 32 heavy (non-hydrogen) atoms. The highest BCUT2D eigenvalue weighted by atomic mass is 35.5. The predicted molar refractivity (Wildman–Crippen MR) is 119 cm³/mol. The van der Waals surface area contributed by atoms with Gasteiger partial charge in [0.05, 0.1) is 29.7 Å². The van der Waals surface area contributed by atoms with Gasteiger partial charge in [-0.15, -0.1) is 0 Å². The van der Waals surface area contributed by atoms with E-state index >= 15 is 0 Å². The Morgan fingerprint density at radius 2 is 1.91 bits per heavy atom. The minimum atomic E-state index is -1.26. The van der Waals surface area contributed by atoms with Crippen molar-refractivity contribution in [2.45, 2.75) is 24.4 Å². The van der Waals surface area contributed by atoms with Gasteiger partial charge in [0, 0.05) is 22.3 Å². The Hall–Kier alpha value is -2.61. The Bertz CT molecular complexity index is 1220. The number of ether oxygens (including phenoxy) is 1. The summed E-state index contributed by atoms with van der Waals surface area (Å²) in [7, 11) is 1.56. The highest BCUT2D eigenvalue weighted by Gasteiger charge is 2.74.